The lowest BCUT2D eigenvalue weighted by Crippen LogP contribution is -2.33. The van der Waals surface area contributed by atoms with Crippen LogP contribution in [0, 0.1) is 12.3 Å². The molecule has 2 aromatic rings. The van der Waals surface area contributed by atoms with E-state index in [1.807, 2.05) is 20.0 Å². The lowest BCUT2D eigenvalue weighted by atomic mass is 9.86. The molecule has 1 aliphatic rings. The van der Waals surface area contributed by atoms with E-state index in [2.05, 4.69) is 20.6 Å². The molecule has 112 valence electrons. The number of aliphatic carboxylic acids is 1. The number of hydrogen-bond acceptors (Lipinski definition) is 5. The molecule has 0 atom stereocenters. The first-order chi connectivity index (χ1) is 10.0. The fourth-order valence-corrected chi connectivity index (χ4v) is 3.09. The molecule has 0 bridgehead atoms. The van der Waals surface area contributed by atoms with Gasteiger partial charge in [-0.15, -0.1) is 5.10 Å². The summed E-state index contributed by atoms with van der Waals surface area (Å²) >= 11 is 0. The first-order valence-corrected chi connectivity index (χ1v) is 7.02. The number of aryl methyl sites for hydroxylation is 2. The summed E-state index contributed by atoms with van der Waals surface area (Å²) in [5.41, 5.74) is 0.907. The van der Waals surface area contributed by atoms with Crippen LogP contribution < -0.4 is 0 Å². The molecule has 3 rings (SSSR count). The molecule has 21 heavy (non-hydrogen) atoms. The molecule has 0 aliphatic heterocycles. The van der Waals surface area contributed by atoms with Gasteiger partial charge in [-0.3, -0.25) is 9.48 Å². The van der Waals surface area contributed by atoms with Crippen molar-refractivity contribution >= 4 is 5.97 Å². The Balaban J connectivity index is 1.96. The second kappa shape index (κ2) is 4.94. The molecule has 2 heterocycles. The number of carboxylic acid groups (broad SMARTS) is 1. The van der Waals surface area contributed by atoms with Gasteiger partial charge in [-0.25, -0.2) is 4.68 Å². The Morgan fingerprint density at radius 2 is 2.14 bits per heavy atom. The summed E-state index contributed by atoms with van der Waals surface area (Å²) in [5.74, 6) is -0.201. The molecule has 0 aromatic carbocycles. The molecular formula is C13H18N6O2. The van der Waals surface area contributed by atoms with Gasteiger partial charge in [0.05, 0.1) is 17.7 Å². The highest BCUT2D eigenvalue weighted by molar-refractivity contribution is 5.75. The summed E-state index contributed by atoms with van der Waals surface area (Å²) < 4.78 is 3.30. The fourth-order valence-electron chi connectivity index (χ4n) is 3.09. The first kappa shape index (κ1) is 13.7. The Hall–Kier alpha value is -2.25. The molecule has 0 radical (unpaired) electrons. The molecule has 1 saturated carbocycles. The SMILES string of the molecule is Cc1cc(-c2nnnn2CC2(C(=O)O)CCCC2)n(C)n1. The van der Waals surface area contributed by atoms with Crippen LogP contribution in [0.15, 0.2) is 6.07 Å². The van der Waals surface area contributed by atoms with E-state index in [4.69, 9.17) is 0 Å². The maximum atomic E-state index is 11.7. The summed E-state index contributed by atoms with van der Waals surface area (Å²) in [6.45, 7) is 2.20. The van der Waals surface area contributed by atoms with Crippen molar-refractivity contribution in [1.29, 1.82) is 0 Å². The van der Waals surface area contributed by atoms with Gasteiger partial charge in [-0.2, -0.15) is 5.10 Å². The van der Waals surface area contributed by atoms with Gasteiger partial charge in [-0.1, -0.05) is 12.8 Å². The average molecular weight is 290 g/mol. The Morgan fingerprint density at radius 3 is 2.71 bits per heavy atom. The van der Waals surface area contributed by atoms with E-state index in [1.54, 1.807) is 9.36 Å². The third-order valence-electron chi connectivity index (χ3n) is 4.23. The van der Waals surface area contributed by atoms with Crippen LogP contribution in [0.5, 0.6) is 0 Å². The van der Waals surface area contributed by atoms with E-state index in [0.717, 1.165) is 24.2 Å². The van der Waals surface area contributed by atoms with Gasteiger partial charge in [-0.05, 0) is 36.3 Å². The van der Waals surface area contributed by atoms with Crippen LogP contribution in [0.4, 0.5) is 0 Å². The Labute approximate surface area is 121 Å². The average Bonchev–Trinajstić information content (AvgIpc) is 3.11. The molecule has 0 saturated heterocycles. The summed E-state index contributed by atoms with van der Waals surface area (Å²) in [6.07, 6.45) is 3.22. The van der Waals surface area contributed by atoms with E-state index < -0.39 is 11.4 Å². The molecule has 8 nitrogen and oxygen atoms in total. The van der Waals surface area contributed by atoms with Crippen LogP contribution >= 0.6 is 0 Å². The summed E-state index contributed by atoms with van der Waals surface area (Å²) in [5, 5.41) is 25.6. The number of aromatic nitrogens is 6. The largest absolute Gasteiger partial charge is 0.481 e. The van der Waals surface area contributed by atoms with Crippen molar-refractivity contribution in [3.8, 4) is 11.5 Å². The van der Waals surface area contributed by atoms with Crippen molar-refractivity contribution < 1.29 is 9.90 Å². The highest BCUT2D eigenvalue weighted by Gasteiger charge is 2.42. The molecular weight excluding hydrogens is 272 g/mol. The van der Waals surface area contributed by atoms with Gasteiger partial charge >= 0.3 is 5.97 Å². The predicted molar refractivity (Wildman–Crippen MR) is 73.3 cm³/mol. The van der Waals surface area contributed by atoms with E-state index in [1.165, 1.54) is 0 Å². The second-order valence-electron chi connectivity index (χ2n) is 5.75. The van der Waals surface area contributed by atoms with Gasteiger partial charge in [0, 0.05) is 7.05 Å². The number of nitrogens with zero attached hydrogens (tertiary/aromatic N) is 6. The smallest absolute Gasteiger partial charge is 0.311 e. The van der Waals surface area contributed by atoms with Crippen molar-refractivity contribution in [3.05, 3.63) is 11.8 Å². The van der Waals surface area contributed by atoms with Gasteiger partial charge in [0.2, 0.25) is 0 Å². The third kappa shape index (κ3) is 2.30. The van der Waals surface area contributed by atoms with Crippen molar-refractivity contribution in [2.75, 3.05) is 0 Å². The number of tetrazole rings is 1. The molecule has 1 aliphatic carbocycles. The van der Waals surface area contributed by atoms with E-state index in [-0.39, 0.29) is 0 Å². The minimum absolute atomic E-state index is 0.300. The van der Waals surface area contributed by atoms with Crippen molar-refractivity contribution in [2.45, 2.75) is 39.2 Å². The fraction of sp³-hybridized carbons (Fsp3) is 0.615. The van der Waals surface area contributed by atoms with Gasteiger partial charge in [0.25, 0.3) is 0 Å². The molecule has 0 unspecified atom stereocenters. The second-order valence-corrected chi connectivity index (χ2v) is 5.75. The zero-order valence-electron chi connectivity index (χ0n) is 12.2. The first-order valence-electron chi connectivity index (χ1n) is 7.02. The van der Waals surface area contributed by atoms with Crippen LogP contribution in [-0.4, -0.2) is 41.1 Å². The Kier molecular flexibility index (Phi) is 3.23. The lowest BCUT2D eigenvalue weighted by molar-refractivity contribution is -0.149. The maximum absolute atomic E-state index is 11.7. The third-order valence-corrected chi connectivity index (χ3v) is 4.23. The van der Waals surface area contributed by atoms with Crippen LogP contribution in [0.25, 0.3) is 11.5 Å². The zero-order chi connectivity index (χ0) is 15.0. The highest BCUT2D eigenvalue weighted by Crippen LogP contribution is 2.40. The van der Waals surface area contributed by atoms with E-state index >= 15 is 0 Å². The molecule has 0 spiro atoms. The summed E-state index contributed by atoms with van der Waals surface area (Å²) in [4.78, 5) is 11.7. The molecule has 2 aromatic heterocycles. The normalized spacial score (nSPS) is 17.2. The zero-order valence-corrected chi connectivity index (χ0v) is 12.2. The van der Waals surface area contributed by atoms with Crippen molar-refractivity contribution in [3.63, 3.8) is 0 Å². The summed E-state index contributed by atoms with van der Waals surface area (Å²) in [6, 6.07) is 1.89. The topological polar surface area (TPSA) is 98.7 Å². The maximum Gasteiger partial charge on any atom is 0.311 e. The Bertz CT molecular complexity index is 668. The monoisotopic (exact) mass is 290 g/mol. The van der Waals surface area contributed by atoms with E-state index in [9.17, 15) is 9.90 Å². The lowest BCUT2D eigenvalue weighted by Gasteiger charge is -2.23. The number of carboxylic acids is 1. The summed E-state index contributed by atoms with van der Waals surface area (Å²) in [7, 11) is 1.82. The predicted octanol–water partition coefficient (Wildman–Crippen LogP) is 1.03. The van der Waals surface area contributed by atoms with Crippen molar-refractivity contribution in [2.24, 2.45) is 12.5 Å². The molecule has 8 heteroatoms. The minimum Gasteiger partial charge on any atom is -0.481 e. The van der Waals surface area contributed by atoms with Gasteiger partial charge in [0.1, 0.15) is 5.69 Å². The van der Waals surface area contributed by atoms with E-state index in [0.29, 0.717) is 25.2 Å². The van der Waals surface area contributed by atoms with Gasteiger partial charge in [0.15, 0.2) is 5.82 Å². The van der Waals surface area contributed by atoms with Crippen LogP contribution in [0.1, 0.15) is 31.4 Å². The molecule has 0 amide bonds. The number of rotatable bonds is 4. The van der Waals surface area contributed by atoms with Crippen LogP contribution in [0.3, 0.4) is 0 Å². The Morgan fingerprint density at radius 1 is 1.43 bits per heavy atom. The molecule has 1 N–H and O–H groups in total. The van der Waals surface area contributed by atoms with Crippen LogP contribution in [0.2, 0.25) is 0 Å². The standard InChI is InChI=1S/C13H18N6O2/c1-9-7-10(18(2)15-9)11-14-16-17-19(11)8-13(12(20)21)5-3-4-6-13/h7H,3-6,8H2,1-2H3,(H,20,21). The quantitative estimate of drug-likeness (QED) is 0.902. The van der Waals surface area contributed by atoms with Crippen molar-refractivity contribution in [1.82, 2.24) is 30.0 Å². The van der Waals surface area contributed by atoms with Gasteiger partial charge < -0.3 is 5.11 Å². The number of hydrogen-bond donors (Lipinski definition) is 1. The van der Waals surface area contributed by atoms with Crippen LogP contribution in [-0.2, 0) is 18.4 Å². The molecule has 1 fully saturated rings. The number of carbonyl (C=O) groups is 1. The highest BCUT2D eigenvalue weighted by atomic mass is 16.4. The minimum atomic E-state index is -0.761.